The fraction of sp³-hybridized carbons (Fsp3) is 0.478. The molecule has 0 bridgehead atoms. The molecule has 2 nitrogen and oxygen atoms in total. The Labute approximate surface area is 161 Å². The number of fused-ring (bicyclic) bond motifs is 1. The molecule has 0 aromatic heterocycles. The normalized spacial score (nSPS) is 18.9. The molecule has 1 heterocycles. The fourth-order valence-corrected chi connectivity index (χ4v) is 4.69. The largest absolute Gasteiger partial charge is 0.493 e. The summed E-state index contributed by atoms with van der Waals surface area (Å²) in [7, 11) is 0. The number of benzene rings is 2. The van der Waals surface area contributed by atoms with Crippen LogP contribution in [0.15, 0.2) is 36.4 Å². The van der Waals surface area contributed by atoms with Crippen LogP contribution >= 0.6 is 11.6 Å². The fourth-order valence-electron chi connectivity index (χ4n) is 4.50. The molecule has 1 N–H and O–H groups in total. The number of ether oxygens (including phenoxy) is 1. The third-order valence-corrected chi connectivity index (χ3v) is 6.27. The Bertz CT molecular complexity index is 810. The van der Waals surface area contributed by atoms with Gasteiger partial charge in [-0.15, -0.1) is 0 Å². The highest BCUT2D eigenvalue weighted by Crippen LogP contribution is 2.49. The number of halogens is 1. The average molecular weight is 370 g/mol. The van der Waals surface area contributed by atoms with Crippen LogP contribution in [-0.4, -0.2) is 17.3 Å². The monoisotopic (exact) mass is 369 g/mol. The van der Waals surface area contributed by atoms with Gasteiger partial charge >= 0.3 is 0 Å². The van der Waals surface area contributed by atoms with Crippen LogP contribution in [0.5, 0.6) is 5.75 Å². The molecule has 0 spiro atoms. The molecule has 0 saturated heterocycles. The Balaban J connectivity index is 1.64. The molecule has 1 aliphatic carbocycles. The molecular weight excluding hydrogens is 344 g/mol. The smallest absolute Gasteiger partial charge is 0.126 e. The van der Waals surface area contributed by atoms with Gasteiger partial charge in [-0.25, -0.2) is 0 Å². The van der Waals surface area contributed by atoms with Crippen molar-refractivity contribution in [3.63, 3.8) is 0 Å². The second-order valence-electron chi connectivity index (χ2n) is 8.53. The molecule has 2 aromatic rings. The minimum Gasteiger partial charge on any atom is -0.493 e. The third kappa shape index (κ3) is 3.37. The van der Waals surface area contributed by atoms with Gasteiger partial charge in [0.2, 0.25) is 0 Å². The van der Waals surface area contributed by atoms with Gasteiger partial charge < -0.3 is 9.84 Å². The maximum Gasteiger partial charge on any atom is 0.126 e. The van der Waals surface area contributed by atoms with Crippen molar-refractivity contribution in [3.05, 3.63) is 64.2 Å². The van der Waals surface area contributed by atoms with Gasteiger partial charge in [0.05, 0.1) is 12.2 Å². The second-order valence-corrected chi connectivity index (χ2v) is 8.93. The standard InChI is InChI=1S/C23H26ClO2/c1-22(2,19-8-5-7-16-12-13-26-21(16)19)15-23(25,18-10-11-18)14-17-6-3-4-9-20(17)24/h3,5-9,18,25H,10-15H2,1-2H3. The van der Waals surface area contributed by atoms with Crippen molar-refractivity contribution in [3.8, 4) is 5.75 Å². The lowest BCUT2D eigenvalue weighted by atomic mass is 9.71. The van der Waals surface area contributed by atoms with Gasteiger partial charge in [0.1, 0.15) is 5.75 Å². The van der Waals surface area contributed by atoms with E-state index in [0.717, 1.165) is 37.2 Å². The van der Waals surface area contributed by atoms with Gasteiger partial charge in [-0.2, -0.15) is 0 Å². The van der Waals surface area contributed by atoms with Crippen LogP contribution in [0.25, 0.3) is 0 Å². The highest BCUT2D eigenvalue weighted by Gasteiger charge is 2.47. The molecule has 26 heavy (non-hydrogen) atoms. The van der Waals surface area contributed by atoms with Gasteiger partial charge in [-0.05, 0) is 53.9 Å². The molecule has 1 aliphatic heterocycles. The topological polar surface area (TPSA) is 29.5 Å². The van der Waals surface area contributed by atoms with E-state index in [2.05, 4.69) is 38.1 Å². The molecule has 1 saturated carbocycles. The first-order chi connectivity index (χ1) is 12.4. The molecule has 1 unspecified atom stereocenters. The van der Waals surface area contributed by atoms with Crippen LogP contribution in [-0.2, 0) is 18.3 Å². The van der Waals surface area contributed by atoms with Crippen molar-refractivity contribution in [1.29, 1.82) is 0 Å². The van der Waals surface area contributed by atoms with Crippen LogP contribution in [0.1, 0.15) is 49.8 Å². The zero-order chi connectivity index (χ0) is 18.4. The molecule has 1 atom stereocenters. The Kier molecular flexibility index (Phi) is 4.53. The van der Waals surface area contributed by atoms with Crippen LogP contribution in [0.4, 0.5) is 0 Å². The summed E-state index contributed by atoms with van der Waals surface area (Å²) in [6.07, 6.45) is 4.44. The van der Waals surface area contributed by atoms with Crippen LogP contribution < -0.4 is 4.74 Å². The highest BCUT2D eigenvalue weighted by atomic mass is 35.5. The van der Waals surface area contributed by atoms with Crippen LogP contribution in [0.3, 0.4) is 0 Å². The maximum atomic E-state index is 11.7. The highest BCUT2D eigenvalue weighted by molar-refractivity contribution is 6.31. The minimum atomic E-state index is -0.754. The number of aliphatic hydroxyl groups is 1. The molecule has 1 fully saturated rings. The summed E-state index contributed by atoms with van der Waals surface area (Å²) in [5, 5.41) is 12.4. The summed E-state index contributed by atoms with van der Waals surface area (Å²) in [6, 6.07) is 15.1. The van der Waals surface area contributed by atoms with Crippen molar-refractivity contribution in [1.82, 2.24) is 0 Å². The van der Waals surface area contributed by atoms with Crippen molar-refractivity contribution < 1.29 is 9.84 Å². The predicted molar refractivity (Wildman–Crippen MR) is 105 cm³/mol. The second kappa shape index (κ2) is 6.58. The summed E-state index contributed by atoms with van der Waals surface area (Å²) in [5.74, 6) is 1.38. The summed E-state index contributed by atoms with van der Waals surface area (Å²) in [5.41, 5.74) is 2.56. The van der Waals surface area contributed by atoms with E-state index in [1.165, 1.54) is 11.1 Å². The lowest BCUT2D eigenvalue weighted by molar-refractivity contribution is -0.00823. The lowest BCUT2D eigenvalue weighted by Crippen LogP contribution is -2.41. The first-order valence-corrected chi connectivity index (χ1v) is 9.89. The molecule has 2 aliphatic rings. The van der Waals surface area contributed by atoms with Crippen molar-refractivity contribution in [2.45, 2.75) is 57.0 Å². The maximum absolute atomic E-state index is 11.7. The van der Waals surface area contributed by atoms with Gasteiger partial charge in [-0.3, -0.25) is 0 Å². The van der Waals surface area contributed by atoms with Crippen molar-refractivity contribution in [2.75, 3.05) is 6.61 Å². The van der Waals surface area contributed by atoms with Gasteiger partial charge in [0.25, 0.3) is 0 Å². The average Bonchev–Trinajstić information content (AvgIpc) is 3.35. The number of hydrogen-bond donors (Lipinski definition) is 1. The summed E-state index contributed by atoms with van der Waals surface area (Å²) >= 11 is 6.36. The summed E-state index contributed by atoms with van der Waals surface area (Å²) < 4.78 is 5.94. The van der Waals surface area contributed by atoms with E-state index in [1.807, 2.05) is 12.1 Å². The van der Waals surface area contributed by atoms with Crippen LogP contribution in [0, 0.1) is 12.0 Å². The van der Waals surface area contributed by atoms with Gasteiger partial charge in [-0.1, -0.05) is 55.8 Å². The van der Waals surface area contributed by atoms with E-state index in [9.17, 15) is 5.11 Å². The number of rotatable bonds is 6. The van der Waals surface area contributed by atoms with Gasteiger partial charge in [0, 0.05) is 23.4 Å². The van der Waals surface area contributed by atoms with E-state index >= 15 is 0 Å². The Hall–Kier alpha value is -1.51. The zero-order valence-electron chi connectivity index (χ0n) is 15.5. The lowest BCUT2D eigenvalue weighted by Gasteiger charge is -2.38. The minimum absolute atomic E-state index is 0.180. The third-order valence-electron chi connectivity index (χ3n) is 5.92. The molecule has 137 valence electrons. The molecule has 1 radical (unpaired) electrons. The van der Waals surface area contributed by atoms with E-state index in [1.54, 1.807) is 6.07 Å². The van der Waals surface area contributed by atoms with Crippen molar-refractivity contribution in [2.24, 2.45) is 5.92 Å². The Morgan fingerprint density at radius 1 is 1.27 bits per heavy atom. The van der Waals surface area contributed by atoms with E-state index < -0.39 is 5.60 Å². The molecule has 4 rings (SSSR count). The first-order valence-electron chi connectivity index (χ1n) is 9.51. The van der Waals surface area contributed by atoms with Gasteiger partial charge in [0.15, 0.2) is 0 Å². The van der Waals surface area contributed by atoms with Crippen LogP contribution in [0.2, 0.25) is 5.02 Å². The molecule has 3 heteroatoms. The van der Waals surface area contributed by atoms with E-state index in [4.69, 9.17) is 16.3 Å². The SMILES string of the molecule is CC(C)(CC(O)(Cc1cc[c]cc1Cl)C1CC1)c1cccc2c1OCC2. The summed E-state index contributed by atoms with van der Waals surface area (Å²) in [4.78, 5) is 0. The Morgan fingerprint density at radius 2 is 2.08 bits per heavy atom. The predicted octanol–water partition coefficient (Wildman–Crippen LogP) is 5.13. The number of hydrogen-bond acceptors (Lipinski definition) is 2. The van der Waals surface area contributed by atoms with E-state index in [0.29, 0.717) is 23.8 Å². The zero-order valence-corrected chi connectivity index (χ0v) is 16.3. The Morgan fingerprint density at radius 3 is 2.81 bits per heavy atom. The molecule has 0 amide bonds. The summed E-state index contributed by atoms with van der Waals surface area (Å²) in [6.45, 7) is 5.20. The van der Waals surface area contributed by atoms with Crippen molar-refractivity contribution >= 4 is 11.6 Å². The number of para-hydroxylation sites is 1. The quantitative estimate of drug-likeness (QED) is 0.765. The molecule has 2 aromatic carbocycles. The van der Waals surface area contributed by atoms with E-state index in [-0.39, 0.29) is 5.41 Å². The molecular formula is C23H26ClO2. The first kappa shape index (κ1) is 17.9.